The van der Waals surface area contributed by atoms with Gasteiger partial charge in [0.25, 0.3) is 0 Å². The molecular weight excluding hydrogens is 165 g/mol. The average Bonchev–Trinajstić information content (AvgIpc) is 2.05. The first-order chi connectivity index (χ1) is 5.56. The van der Waals surface area contributed by atoms with Crippen molar-refractivity contribution in [1.29, 1.82) is 0 Å². The fraction of sp³-hybridized carbons (Fsp3) is 0.333. The molecule has 0 radical (unpaired) electrons. The maximum absolute atomic E-state index is 5.58. The molecule has 2 N–H and O–H groups in total. The summed E-state index contributed by atoms with van der Waals surface area (Å²) in [6.07, 6.45) is 1.78. The summed E-state index contributed by atoms with van der Waals surface area (Å²) in [5.74, 6) is 0. The number of rotatable bonds is 2. The number of nitrogen functional groups attached to an aromatic ring is 1. The van der Waals surface area contributed by atoms with E-state index in [9.17, 15) is 0 Å². The maximum atomic E-state index is 5.58. The Kier molecular flexibility index (Phi) is 2.63. The fourth-order valence-electron chi connectivity index (χ4n) is 0.981. The Morgan fingerprint density at radius 2 is 1.75 bits per heavy atom. The van der Waals surface area contributed by atoms with Gasteiger partial charge in [-0.3, -0.25) is 0 Å². The van der Waals surface area contributed by atoms with Crippen LogP contribution in [0, 0.1) is 0 Å². The number of hydrogen-bond donors (Lipinski definition) is 1. The summed E-state index contributed by atoms with van der Waals surface area (Å²) in [4.78, 5) is 0. The van der Waals surface area contributed by atoms with Gasteiger partial charge in [-0.1, -0.05) is 0 Å². The molecule has 0 amide bonds. The van der Waals surface area contributed by atoms with Gasteiger partial charge in [-0.2, -0.15) is 0 Å². The van der Waals surface area contributed by atoms with Crippen molar-refractivity contribution in [1.82, 2.24) is 0 Å². The minimum atomic E-state index is -0.0387. The van der Waals surface area contributed by atoms with Crippen molar-refractivity contribution in [2.75, 3.05) is 5.73 Å². The molecule has 0 aliphatic heterocycles. The summed E-state index contributed by atoms with van der Waals surface area (Å²) in [5.41, 5.74) is 7.57. The van der Waals surface area contributed by atoms with Crippen LogP contribution in [0.1, 0.15) is 19.4 Å². The first-order valence-corrected chi connectivity index (χ1v) is 4.36. The Bertz CT molecular complexity index is 279. The molecule has 0 heterocycles. The van der Waals surface area contributed by atoms with E-state index in [0.717, 1.165) is 5.69 Å². The van der Waals surface area contributed by atoms with E-state index < -0.39 is 0 Å². The van der Waals surface area contributed by atoms with Gasteiger partial charge in [0.15, 0.2) is 0 Å². The van der Waals surface area contributed by atoms with Crippen LogP contribution in [0.15, 0.2) is 24.3 Å². The van der Waals surface area contributed by atoms with Gasteiger partial charge in [-0.05, 0) is 0 Å². The predicted molar refractivity (Wildman–Crippen MR) is 57.2 cm³/mol. The topological polar surface area (TPSA) is 26.0 Å². The third kappa shape index (κ3) is 1.92. The standard InChI is InChI=1S/C9H12BNS/c1-9(2,10-12)7-3-5-8(11)6-4-7/h3-6H,11H2,1-2H3. The zero-order valence-corrected chi connectivity index (χ0v) is 8.19. The van der Waals surface area contributed by atoms with Crippen LogP contribution in [0.25, 0.3) is 0 Å². The van der Waals surface area contributed by atoms with E-state index in [1.54, 1.807) is 6.15 Å². The van der Waals surface area contributed by atoms with Crippen molar-refractivity contribution in [3.8, 4) is 0 Å². The van der Waals surface area contributed by atoms with Gasteiger partial charge in [0.2, 0.25) is 0 Å². The van der Waals surface area contributed by atoms with Crippen LogP contribution in [0.4, 0.5) is 5.69 Å². The molecule has 0 aromatic heterocycles. The Hall–Kier alpha value is -0.695. The van der Waals surface area contributed by atoms with Gasteiger partial charge in [0.05, 0.1) is 0 Å². The van der Waals surface area contributed by atoms with Crippen molar-refractivity contribution >= 4 is 23.9 Å². The zero-order valence-electron chi connectivity index (χ0n) is 7.37. The summed E-state index contributed by atoms with van der Waals surface area (Å²) >= 11 is 4.95. The zero-order chi connectivity index (χ0) is 9.19. The number of nitrogens with two attached hydrogens (primary N) is 1. The van der Waals surface area contributed by atoms with Gasteiger partial charge in [0, 0.05) is 0 Å². The molecule has 1 nitrogen and oxygen atoms in total. The van der Waals surface area contributed by atoms with Crippen LogP contribution in [0.3, 0.4) is 0 Å². The molecule has 0 aliphatic carbocycles. The molecule has 0 fully saturated rings. The average molecular weight is 177 g/mol. The monoisotopic (exact) mass is 177 g/mol. The van der Waals surface area contributed by atoms with E-state index in [1.807, 2.05) is 24.3 Å². The predicted octanol–water partition coefficient (Wildman–Crippen LogP) is 2.32. The molecule has 0 saturated carbocycles. The Morgan fingerprint density at radius 3 is 2.17 bits per heavy atom. The van der Waals surface area contributed by atoms with E-state index in [2.05, 4.69) is 13.8 Å². The molecule has 0 saturated heterocycles. The summed E-state index contributed by atoms with van der Waals surface area (Å²) in [7, 11) is 0. The van der Waals surface area contributed by atoms with Gasteiger partial charge >= 0.3 is 78.6 Å². The molecule has 0 atom stereocenters. The third-order valence-electron chi connectivity index (χ3n) is 1.95. The van der Waals surface area contributed by atoms with Crippen molar-refractivity contribution in [2.45, 2.75) is 19.2 Å². The van der Waals surface area contributed by atoms with Gasteiger partial charge in [0.1, 0.15) is 0 Å². The Labute approximate surface area is 79.1 Å². The van der Waals surface area contributed by atoms with Crippen LogP contribution in [-0.4, -0.2) is 6.15 Å². The molecule has 3 heteroatoms. The van der Waals surface area contributed by atoms with Crippen LogP contribution >= 0.6 is 12.1 Å². The summed E-state index contributed by atoms with van der Waals surface area (Å²) in [6.45, 7) is 4.18. The quantitative estimate of drug-likeness (QED) is 0.554. The molecule has 1 aromatic carbocycles. The first kappa shape index (κ1) is 9.39. The second-order valence-electron chi connectivity index (χ2n) is 3.46. The number of hydrogen-bond acceptors (Lipinski definition) is 2. The molecule has 62 valence electrons. The summed E-state index contributed by atoms with van der Waals surface area (Å²) in [5, 5.41) is -0.0387. The van der Waals surface area contributed by atoms with Gasteiger partial charge < -0.3 is 0 Å². The minimum absolute atomic E-state index is 0.0387. The molecule has 1 rings (SSSR count). The summed E-state index contributed by atoms with van der Waals surface area (Å²) in [6, 6.07) is 7.82. The van der Waals surface area contributed by atoms with E-state index in [1.165, 1.54) is 5.56 Å². The second kappa shape index (κ2) is 3.36. The molecule has 12 heavy (non-hydrogen) atoms. The van der Waals surface area contributed by atoms with Crippen LogP contribution in [-0.2, 0) is 5.31 Å². The SMILES string of the molecule is CC(C)(B=S)c1ccc(N)cc1. The van der Waals surface area contributed by atoms with Crippen molar-refractivity contribution in [3.63, 3.8) is 0 Å². The van der Waals surface area contributed by atoms with E-state index >= 15 is 0 Å². The van der Waals surface area contributed by atoms with Crippen molar-refractivity contribution in [3.05, 3.63) is 29.8 Å². The number of anilines is 1. The third-order valence-corrected chi connectivity index (χ3v) is 2.54. The van der Waals surface area contributed by atoms with E-state index in [4.69, 9.17) is 17.8 Å². The first-order valence-electron chi connectivity index (χ1n) is 3.88. The Morgan fingerprint density at radius 1 is 1.25 bits per heavy atom. The van der Waals surface area contributed by atoms with Crippen molar-refractivity contribution < 1.29 is 0 Å². The molecule has 0 unspecified atom stereocenters. The van der Waals surface area contributed by atoms with Crippen LogP contribution < -0.4 is 5.73 Å². The normalized spacial score (nSPS) is 10.8. The van der Waals surface area contributed by atoms with Crippen LogP contribution in [0.5, 0.6) is 0 Å². The fourth-order valence-corrected chi connectivity index (χ4v) is 1.12. The molecule has 0 spiro atoms. The summed E-state index contributed by atoms with van der Waals surface area (Å²) < 4.78 is 0. The molecule has 1 aromatic rings. The molecule has 0 aliphatic rings. The Balaban J connectivity index is 3.04. The molecule has 0 bridgehead atoms. The van der Waals surface area contributed by atoms with E-state index in [-0.39, 0.29) is 5.31 Å². The van der Waals surface area contributed by atoms with E-state index in [0.29, 0.717) is 0 Å². The molecular formula is C9H12BNS. The van der Waals surface area contributed by atoms with Gasteiger partial charge in [-0.15, -0.1) is 0 Å². The van der Waals surface area contributed by atoms with Crippen molar-refractivity contribution in [2.24, 2.45) is 0 Å². The second-order valence-corrected chi connectivity index (χ2v) is 3.70. The van der Waals surface area contributed by atoms with Gasteiger partial charge in [-0.25, -0.2) is 0 Å². The number of benzene rings is 1. The van der Waals surface area contributed by atoms with Crippen LogP contribution in [0.2, 0.25) is 0 Å².